The zero-order chi connectivity index (χ0) is 19.6. The SMILES string of the molecule is CCN(c1ccccc1)S(=O)(=O)S(=O)(=O)Nc1cccc(C(F)(F)F)c1. The van der Waals surface area contributed by atoms with Crippen LogP contribution >= 0.6 is 0 Å². The molecule has 0 unspecified atom stereocenters. The molecule has 142 valence electrons. The summed E-state index contributed by atoms with van der Waals surface area (Å²) in [5.41, 5.74) is -1.50. The molecule has 0 radical (unpaired) electrons. The van der Waals surface area contributed by atoms with Gasteiger partial charge in [0, 0.05) is 6.54 Å². The van der Waals surface area contributed by atoms with Crippen LogP contribution in [0.2, 0.25) is 0 Å². The molecule has 0 atom stereocenters. The van der Waals surface area contributed by atoms with Crippen LogP contribution in [-0.2, 0) is 24.3 Å². The zero-order valence-electron chi connectivity index (χ0n) is 13.4. The first-order valence-corrected chi connectivity index (χ1v) is 10.7. The summed E-state index contributed by atoms with van der Waals surface area (Å²) in [7, 11) is -9.99. The lowest BCUT2D eigenvalue weighted by Gasteiger charge is -2.22. The van der Waals surface area contributed by atoms with Crippen molar-refractivity contribution in [2.45, 2.75) is 13.1 Å². The predicted octanol–water partition coefficient (Wildman–Crippen LogP) is 3.22. The van der Waals surface area contributed by atoms with E-state index in [2.05, 4.69) is 0 Å². The van der Waals surface area contributed by atoms with Crippen LogP contribution < -0.4 is 9.03 Å². The van der Waals surface area contributed by atoms with Crippen molar-refractivity contribution in [2.24, 2.45) is 0 Å². The number of benzene rings is 2. The molecule has 0 saturated heterocycles. The van der Waals surface area contributed by atoms with Gasteiger partial charge in [-0.05, 0) is 37.3 Å². The fraction of sp³-hybridized carbons (Fsp3) is 0.200. The molecule has 11 heteroatoms. The molecule has 0 fully saturated rings. The van der Waals surface area contributed by atoms with Crippen molar-refractivity contribution < 1.29 is 30.0 Å². The number of nitrogens with one attached hydrogen (secondary N) is 1. The van der Waals surface area contributed by atoms with Crippen molar-refractivity contribution in [1.29, 1.82) is 0 Å². The number of hydrogen-bond acceptors (Lipinski definition) is 4. The van der Waals surface area contributed by atoms with E-state index < -0.39 is 35.5 Å². The summed E-state index contributed by atoms with van der Waals surface area (Å²) >= 11 is 0. The highest BCUT2D eigenvalue weighted by Crippen LogP contribution is 2.31. The molecule has 0 aliphatic heterocycles. The monoisotopic (exact) mass is 408 g/mol. The fourth-order valence-electron chi connectivity index (χ4n) is 2.14. The summed E-state index contributed by atoms with van der Waals surface area (Å²) in [6, 6.07) is 10.8. The van der Waals surface area contributed by atoms with Gasteiger partial charge in [-0.2, -0.15) is 30.0 Å². The minimum atomic E-state index is -5.05. The molecular weight excluding hydrogens is 393 g/mol. The number of para-hydroxylation sites is 1. The third kappa shape index (κ3) is 4.10. The second-order valence-electron chi connectivity index (χ2n) is 5.09. The number of rotatable bonds is 6. The Bertz CT molecular complexity index is 975. The maximum Gasteiger partial charge on any atom is 0.416 e. The summed E-state index contributed by atoms with van der Waals surface area (Å²) in [5.74, 6) is 0. The molecule has 0 saturated carbocycles. The van der Waals surface area contributed by atoms with Crippen molar-refractivity contribution in [3.05, 3.63) is 60.2 Å². The highest BCUT2D eigenvalue weighted by molar-refractivity contribution is 8.68. The van der Waals surface area contributed by atoms with Gasteiger partial charge in [0.1, 0.15) is 0 Å². The lowest BCUT2D eigenvalue weighted by molar-refractivity contribution is -0.137. The van der Waals surface area contributed by atoms with Crippen LogP contribution in [0, 0.1) is 0 Å². The van der Waals surface area contributed by atoms with Gasteiger partial charge in [0.15, 0.2) is 0 Å². The van der Waals surface area contributed by atoms with Crippen molar-refractivity contribution in [3.8, 4) is 0 Å². The first kappa shape index (κ1) is 20.0. The van der Waals surface area contributed by atoms with Crippen LogP contribution in [0.15, 0.2) is 54.6 Å². The molecular formula is C15H15F3N2O4S2. The minimum absolute atomic E-state index is 0.115. The van der Waals surface area contributed by atoms with E-state index in [1.807, 2.05) is 0 Å². The molecule has 0 heterocycles. The molecule has 2 aromatic rings. The highest BCUT2D eigenvalue weighted by Gasteiger charge is 2.37. The molecule has 0 bridgehead atoms. The Morgan fingerprint density at radius 3 is 2.12 bits per heavy atom. The normalized spacial score (nSPS) is 12.6. The molecule has 2 rings (SSSR count). The molecule has 0 aliphatic carbocycles. The summed E-state index contributed by atoms with van der Waals surface area (Å²) in [6.45, 7) is 1.25. The molecule has 0 aromatic heterocycles. The van der Waals surface area contributed by atoms with E-state index in [-0.39, 0.29) is 12.2 Å². The number of anilines is 2. The van der Waals surface area contributed by atoms with Crippen molar-refractivity contribution in [1.82, 2.24) is 0 Å². The average Bonchev–Trinajstić information content (AvgIpc) is 2.55. The quantitative estimate of drug-likeness (QED) is 0.744. The van der Waals surface area contributed by atoms with Crippen molar-refractivity contribution in [3.63, 3.8) is 0 Å². The maximum atomic E-state index is 12.7. The van der Waals surface area contributed by atoms with Crippen LogP contribution in [-0.4, -0.2) is 23.4 Å². The Labute approximate surface area is 148 Å². The Balaban J connectivity index is 2.40. The van der Waals surface area contributed by atoms with Crippen LogP contribution in [0.4, 0.5) is 24.5 Å². The average molecular weight is 408 g/mol. The highest BCUT2D eigenvalue weighted by atomic mass is 33.2. The third-order valence-corrected chi connectivity index (χ3v) is 7.81. The van der Waals surface area contributed by atoms with E-state index in [1.54, 1.807) is 10.8 Å². The van der Waals surface area contributed by atoms with Crippen molar-refractivity contribution >= 4 is 29.5 Å². The van der Waals surface area contributed by atoms with Gasteiger partial charge in [-0.25, -0.2) is 0 Å². The third-order valence-electron chi connectivity index (χ3n) is 3.31. The Hall–Kier alpha value is -2.27. The standard InChI is InChI=1S/C15H15F3N2O4S2/c1-2-20(14-9-4-3-5-10-14)26(23,24)25(21,22)19-13-8-6-7-12(11-13)15(16,17)18/h3-11,19H,2H2,1H3. The van der Waals surface area contributed by atoms with Gasteiger partial charge in [0.05, 0.1) is 16.9 Å². The van der Waals surface area contributed by atoms with Gasteiger partial charge < -0.3 is 0 Å². The Kier molecular flexibility index (Phi) is 5.52. The number of hydrogen-bond donors (Lipinski definition) is 1. The number of alkyl halides is 3. The largest absolute Gasteiger partial charge is 0.416 e. The zero-order valence-corrected chi connectivity index (χ0v) is 15.1. The minimum Gasteiger partial charge on any atom is -0.270 e. The molecule has 26 heavy (non-hydrogen) atoms. The number of nitrogens with zero attached hydrogens (tertiary/aromatic N) is 1. The van der Waals surface area contributed by atoms with Crippen LogP contribution in [0.3, 0.4) is 0 Å². The maximum absolute atomic E-state index is 12.7. The molecule has 1 N–H and O–H groups in total. The molecule has 0 amide bonds. The van der Waals surface area contributed by atoms with Crippen LogP contribution in [0.1, 0.15) is 12.5 Å². The predicted molar refractivity (Wildman–Crippen MR) is 92.4 cm³/mol. The van der Waals surface area contributed by atoms with E-state index >= 15 is 0 Å². The number of halogens is 3. The topological polar surface area (TPSA) is 83.6 Å². The molecule has 0 spiro atoms. The second-order valence-corrected chi connectivity index (χ2v) is 10.1. The fourth-order valence-corrected chi connectivity index (χ4v) is 5.48. The van der Waals surface area contributed by atoms with E-state index in [9.17, 15) is 30.0 Å². The Morgan fingerprint density at radius 1 is 0.962 bits per heavy atom. The van der Waals surface area contributed by atoms with Gasteiger partial charge in [-0.3, -0.25) is 9.03 Å². The van der Waals surface area contributed by atoms with Gasteiger partial charge in [-0.15, -0.1) is 0 Å². The van der Waals surface area contributed by atoms with E-state index in [4.69, 9.17) is 0 Å². The summed E-state index contributed by atoms with van der Waals surface area (Å²) in [6.07, 6.45) is -4.69. The van der Waals surface area contributed by atoms with E-state index in [0.29, 0.717) is 10.4 Å². The van der Waals surface area contributed by atoms with Gasteiger partial charge in [0.25, 0.3) is 0 Å². The molecule has 2 aromatic carbocycles. The lowest BCUT2D eigenvalue weighted by atomic mass is 10.2. The summed E-state index contributed by atoms with van der Waals surface area (Å²) in [4.78, 5) is 0. The smallest absolute Gasteiger partial charge is 0.270 e. The van der Waals surface area contributed by atoms with Gasteiger partial charge >= 0.3 is 24.3 Å². The van der Waals surface area contributed by atoms with Crippen LogP contribution in [0.25, 0.3) is 0 Å². The van der Waals surface area contributed by atoms with E-state index in [1.165, 1.54) is 31.2 Å². The molecule has 0 aliphatic rings. The van der Waals surface area contributed by atoms with Gasteiger partial charge in [-0.1, -0.05) is 24.3 Å². The molecule has 6 nitrogen and oxygen atoms in total. The van der Waals surface area contributed by atoms with Crippen molar-refractivity contribution in [2.75, 3.05) is 15.6 Å². The lowest BCUT2D eigenvalue weighted by Crippen LogP contribution is -2.39. The summed E-state index contributed by atoms with van der Waals surface area (Å²) in [5, 5.41) is 0. The van der Waals surface area contributed by atoms with Crippen LogP contribution in [0.5, 0.6) is 0 Å². The van der Waals surface area contributed by atoms with Gasteiger partial charge in [0.2, 0.25) is 0 Å². The summed E-state index contributed by atoms with van der Waals surface area (Å²) < 4.78 is 90.3. The first-order valence-electron chi connectivity index (χ1n) is 7.27. The second kappa shape index (κ2) is 7.16. The van der Waals surface area contributed by atoms with E-state index in [0.717, 1.165) is 18.2 Å². The Morgan fingerprint density at radius 2 is 1.58 bits per heavy atom. The first-order chi connectivity index (χ1) is 12.0.